The summed E-state index contributed by atoms with van der Waals surface area (Å²) in [5, 5.41) is 1.05. The Labute approximate surface area is 183 Å². The topological polar surface area (TPSA) is 45.3 Å². The lowest BCUT2D eigenvalue weighted by molar-refractivity contribution is -0.134. The van der Waals surface area contributed by atoms with Gasteiger partial charge in [0.15, 0.2) is 0 Å². The third kappa shape index (κ3) is 8.91. The Bertz CT molecular complexity index is 736. The van der Waals surface area contributed by atoms with Gasteiger partial charge < -0.3 is 14.6 Å². The smallest absolute Gasteiger partial charge is 0.311 e. The van der Waals surface area contributed by atoms with Crippen LogP contribution in [0.25, 0.3) is 10.9 Å². The van der Waals surface area contributed by atoms with Crippen LogP contribution in [0.3, 0.4) is 0 Å². The molecule has 0 bridgehead atoms. The molecule has 0 fully saturated rings. The summed E-state index contributed by atoms with van der Waals surface area (Å²) in [6.07, 6.45) is 17.6. The number of nitrogens with zero attached hydrogens (tertiary/aromatic N) is 1. The Morgan fingerprint density at radius 2 is 1.57 bits per heavy atom. The fourth-order valence-electron chi connectivity index (χ4n) is 3.95. The average molecular weight is 415 g/mol. The highest BCUT2D eigenvalue weighted by Gasteiger charge is 2.13. The van der Waals surface area contributed by atoms with Crippen LogP contribution in [0, 0.1) is 0 Å². The minimum Gasteiger partial charge on any atom is -0.426 e. The van der Waals surface area contributed by atoms with Crippen molar-refractivity contribution < 1.29 is 9.53 Å². The lowest BCUT2D eigenvalue weighted by Crippen LogP contribution is -2.15. The Balaban J connectivity index is 1.66. The monoisotopic (exact) mass is 414 g/mol. The molecule has 4 heteroatoms. The van der Waals surface area contributed by atoms with Crippen molar-refractivity contribution in [2.75, 3.05) is 20.6 Å². The molecule has 0 saturated carbocycles. The minimum atomic E-state index is -0.113. The number of H-pyrrole nitrogens is 1. The molecule has 1 aromatic carbocycles. The zero-order valence-electron chi connectivity index (χ0n) is 19.5. The number of aromatic amines is 1. The highest BCUT2D eigenvalue weighted by molar-refractivity contribution is 5.91. The molecule has 2 aromatic rings. The van der Waals surface area contributed by atoms with Crippen LogP contribution in [0.1, 0.15) is 89.5 Å². The maximum Gasteiger partial charge on any atom is 0.311 e. The second kappa shape index (κ2) is 14.2. The van der Waals surface area contributed by atoms with E-state index < -0.39 is 0 Å². The number of aromatic nitrogens is 1. The first-order valence-electron chi connectivity index (χ1n) is 12.1. The van der Waals surface area contributed by atoms with E-state index in [1.54, 1.807) is 0 Å². The first-order chi connectivity index (χ1) is 14.6. The Morgan fingerprint density at radius 1 is 0.933 bits per heavy atom. The van der Waals surface area contributed by atoms with Gasteiger partial charge in [0, 0.05) is 30.1 Å². The van der Waals surface area contributed by atoms with E-state index in [0.29, 0.717) is 12.2 Å². The van der Waals surface area contributed by atoms with Gasteiger partial charge in [-0.3, -0.25) is 4.79 Å². The van der Waals surface area contributed by atoms with Gasteiger partial charge in [-0.1, -0.05) is 77.2 Å². The minimum absolute atomic E-state index is 0.113. The number of ether oxygens (including phenoxy) is 1. The van der Waals surface area contributed by atoms with Crippen molar-refractivity contribution in [3.05, 3.63) is 30.0 Å². The molecule has 0 atom stereocenters. The Morgan fingerprint density at radius 3 is 2.20 bits per heavy atom. The molecular weight excluding hydrogens is 372 g/mol. The lowest BCUT2D eigenvalue weighted by atomic mass is 10.1. The number of fused-ring (bicyclic) bond motifs is 1. The number of nitrogens with one attached hydrogen (secondary N) is 1. The van der Waals surface area contributed by atoms with Crippen LogP contribution < -0.4 is 4.74 Å². The average Bonchev–Trinajstić information content (AvgIpc) is 3.14. The number of hydrogen-bond acceptors (Lipinski definition) is 3. The lowest BCUT2D eigenvalue weighted by Gasteiger charge is -2.10. The fraction of sp³-hybridized carbons (Fsp3) is 0.654. The predicted octanol–water partition coefficient (Wildman–Crippen LogP) is 6.88. The Hall–Kier alpha value is -1.81. The van der Waals surface area contributed by atoms with Gasteiger partial charge in [-0.05, 0) is 44.6 Å². The van der Waals surface area contributed by atoms with Crippen LogP contribution in [-0.2, 0) is 11.2 Å². The van der Waals surface area contributed by atoms with Gasteiger partial charge in [0.25, 0.3) is 0 Å². The van der Waals surface area contributed by atoms with E-state index in [4.69, 9.17) is 4.74 Å². The van der Waals surface area contributed by atoms with Gasteiger partial charge >= 0.3 is 5.97 Å². The second-order valence-corrected chi connectivity index (χ2v) is 8.81. The van der Waals surface area contributed by atoms with Gasteiger partial charge in [0.1, 0.15) is 5.75 Å². The maximum atomic E-state index is 12.4. The quantitative estimate of drug-likeness (QED) is 0.185. The Kier molecular flexibility index (Phi) is 11.6. The van der Waals surface area contributed by atoms with E-state index in [1.165, 1.54) is 63.4 Å². The maximum absolute atomic E-state index is 12.4. The van der Waals surface area contributed by atoms with E-state index in [-0.39, 0.29) is 5.97 Å². The van der Waals surface area contributed by atoms with E-state index >= 15 is 0 Å². The number of benzene rings is 1. The van der Waals surface area contributed by atoms with Crippen LogP contribution in [0.15, 0.2) is 24.4 Å². The van der Waals surface area contributed by atoms with Crippen molar-refractivity contribution in [2.24, 2.45) is 0 Å². The molecule has 1 heterocycles. The normalized spacial score (nSPS) is 11.5. The van der Waals surface area contributed by atoms with Crippen molar-refractivity contribution >= 4 is 16.9 Å². The molecule has 0 aliphatic heterocycles. The van der Waals surface area contributed by atoms with Gasteiger partial charge in [0.05, 0.1) is 0 Å². The molecule has 0 saturated heterocycles. The van der Waals surface area contributed by atoms with Gasteiger partial charge in [-0.2, -0.15) is 0 Å². The molecule has 4 nitrogen and oxygen atoms in total. The zero-order valence-corrected chi connectivity index (χ0v) is 19.5. The molecule has 0 radical (unpaired) electrons. The molecule has 30 heavy (non-hydrogen) atoms. The summed E-state index contributed by atoms with van der Waals surface area (Å²) < 4.78 is 5.75. The van der Waals surface area contributed by atoms with Crippen molar-refractivity contribution in [2.45, 2.75) is 90.4 Å². The van der Waals surface area contributed by atoms with E-state index in [9.17, 15) is 4.79 Å². The molecule has 0 unspecified atom stereocenters. The van der Waals surface area contributed by atoms with Crippen LogP contribution >= 0.6 is 0 Å². The molecule has 2 rings (SSSR count). The largest absolute Gasteiger partial charge is 0.426 e. The highest BCUT2D eigenvalue weighted by atomic mass is 16.5. The highest BCUT2D eigenvalue weighted by Crippen LogP contribution is 2.29. The number of hydrogen-bond donors (Lipinski definition) is 1. The number of carbonyl (C=O) groups excluding carboxylic acids is 1. The van der Waals surface area contributed by atoms with E-state index in [2.05, 4.69) is 30.9 Å². The summed E-state index contributed by atoms with van der Waals surface area (Å²) in [7, 11) is 4.15. The summed E-state index contributed by atoms with van der Waals surface area (Å²) >= 11 is 0. The number of unbranched alkanes of at least 4 members (excludes halogenated alkanes) is 10. The first-order valence-corrected chi connectivity index (χ1v) is 12.1. The zero-order chi connectivity index (χ0) is 21.6. The third-order valence-corrected chi connectivity index (χ3v) is 5.79. The summed E-state index contributed by atoms with van der Waals surface area (Å²) in [4.78, 5) is 17.8. The molecule has 0 aliphatic rings. The molecule has 0 spiro atoms. The first kappa shape index (κ1) is 24.5. The predicted molar refractivity (Wildman–Crippen MR) is 127 cm³/mol. The molecule has 168 valence electrons. The van der Waals surface area contributed by atoms with Gasteiger partial charge in [0.2, 0.25) is 0 Å². The van der Waals surface area contributed by atoms with Crippen LogP contribution in [-0.4, -0.2) is 36.5 Å². The molecule has 1 N–H and O–H groups in total. The van der Waals surface area contributed by atoms with E-state index in [0.717, 1.165) is 36.7 Å². The van der Waals surface area contributed by atoms with Crippen molar-refractivity contribution in [3.63, 3.8) is 0 Å². The van der Waals surface area contributed by atoms with E-state index in [1.807, 2.05) is 24.4 Å². The molecule has 0 amide bonds. The molecule has 1 aromatic heterocycles. The molecule has 0 aliphatic carbocycles. The second-order valence-electron chi connectivity index (χ2n) is 8.81. The summed E-state index contributed by atoms with van der Waals surface area (Å²) in [5.74, 6) is 0.578. The standard InChI is InChI=1S/C26H42N2O2/c1-4-5-6-7-8-9-10-11-12-13-14-18-25(29)30-24-17-15-16-23-26(24)22(21-27-23)19-20-28(2)3/h15-17,21,27H,4-14,18-20H2,1-3H3. The van der Waals surface area contributed by atoms with Gasteiger partial charge in [-0.15, -0.1) is 0 Å². The van der Waals surface area contributed by atoms with Crippen molar-refractivity contribution in [1.29, 1.82) is 0 Å². The van der Waals surface area contributed by atoms with Crippen molar-refractivity contribution in [3.8, 4) is 5.75 Å². The van der Waals surface area contributed by atoms with Crippen LogP contribution in [0.2, 0.25) is 0 Å². The summed E-state index contributed by atoms with van der Waals surface area (Å²) in [6, 6.07) is 5.89. The van der Waals surface area contributed by atoms with Crippen molar-refractivity contribution in [1.82, 2.24) is 9.88 Å². The fourth-order valence-corrected chi connectivity index (χ4v) is 3.95. The SMILES string of the molecule is CCCCCCCCCCCCCC(=O)Oc1cccc2[nH]cc(CCN(C)C)c12. The third-order valence-electron chi connectivity index (χ3n) is 5.79. The number of esters is 1. The number of likely N-dealkylation sites (N-methyl/N-ethyl adjacent to an activating group) is 1. The van der Waals surface area contributed by atoms with Crippen LogP contribution in [0.4, 0.5) is 0 Å². The van der Waals surface area contributed by atoms with Gasteiger partial charge in [-0.25, -0.2) is 0 Å². The summed E-state index contributed by atoms with van der Waals surface area (Å²) in [6.45, 7) is 3.23. The number of rotatable bonds is 16. The molecular formula is C26H42N2O2. The van der Waals surface area contributed by atoms with Crippen LogP contribution in [0.5, 0.6) is 5.75 Å². The number of carbonyl (C=O) groups is 1. The summed E-state index contributed by atoms with van der Waals surface area (Å²) in [5.41, 5.74) is 2.24.